The molecule has 1 aromatic heterocycles. The van der Waals surface area contributed by atoms with Crippen molar-refractivity contribution in [3.05, 3.63) is 30.1 Å². The Bertz CT molecular complexity index is 514. The van der Waals surface area contributed by atoms with Crippen LogP contribution in [-0.2, 0) is 0 Å². The zero-order chi connectivity index (χ0) is 14.1. The molecule has 0 saturated carbocycles. The molecule has 1 aromatic rings. The summed E-state index contributed by atoms with van der Waals surface area (Å²) in [5, 5.41) is 2.91. The van der Waals surface area contributed by atoms with Gasteiger partial charge in [0.25, 0.3) is 0 Å². The Morgan fingerprint density at radius 1 is 1.26 bits per heavy atom. The van der Waals surface area contributed by atoms with Crippen LogP contribution in [-0.4, -0.2) is 22.6 Å². The average Bonchev–Trinajstić information content (AvgIpc) is 2.25. The van der Waals surface area contributed by atoms with Gasteiger partial charge in [-0.2, -0.15) is 0 Å². The van der Waals surface area contributed by atoms with Gasteiger partial charge in [-0.1, -0.05) is 26.8 Å². The van der Waals surface area contributed by atoms with Crippen LogP contribution in [0.15, 0.2) is 34.4 Å². The van der Waals surface area contributed by atoms with E-state index in [1.807, 2.05) is 18.2 Å². The Kier molecular flexibility index (Phi) is 3.28. The van der Waals surface area contributed by atoms with Crippen LogP contribution in [0.4, 0.5) is 0 Å². The van der Waals surface area contributed by atoms with Gasteiger partial charge in [0.05, 0.1) is 0 Å². The number of nitrogens with two attached hydrogens (primary N) is 2. The molecule has 102 valence electrons. The smallest absolute Gasteiger partial charge is 0.208 e. The van der Waals surface area contributed by atoms with Crippen LogP contribution in [0.25, 0.3) is 0 Å². The van der Waals surface area contributed by atoms with Crippen LogP contribution in [0.2, 0.25) is 0 Å². The first-order valence-corrected chi connectivity index (χ1v) is 6.20. The molecule has 19 heavy (non-hydrogen) atoms. The van der Waals surface area contributed by atoms with Crippen molar-refractivity contribution in [3.63, 3.8) is 0 Å². The number of guanidine groups is 1. The van der Waals surface area contributed by atoms with E-state index in [1.54, 1.807) is 6.20 Å². The van der Waals surface area contributed by atoms with E-state index in [1.165, 1.54) is 0 Å². The van der Waals surface area contributed by atoms with E-state index in [4.69, 9.17) is 11.5 Å². The number of nitrogens with one attached hydrogen (secondary N) is 1. The first-order valence-electron chi connectivity index (χ1n) is 6.20. The van der Waals surface area contributed by atoms with Gasteiger partial charge in [-0.15, -0.1) is 0 Å². The number of nitrogens with zero attached hydrogens (tertiary/aromatic N) is 3. The minimum absolute atomic E-state index is 0.00536. The highest BCUT2D eigenvalue weighted by atomic mass is 15.3. The summed E-state index contributed by atoms with van der Waals surface area (Å²) in [4.78, 5) is 12.9. The topological polar surface area (TPSA) is 102 Å². The number of pyridine rings is 1. The van der Waals surface area contributed by atoms with Crippen LogP contribution < -0.4 is 16.8 Å². The number of hydrogen-bond acceptors (Lipinski definition) is 6. The van der Waals surface area contributed by atoms with E-state index >= 15 is 0 Å². The third-order valence-corrected chi connectivity index (χ3v) is 2.56. The summed E-state index contributed by atoms with van der Waals surface area (Å²) in [6, 6.07) is 5.58. The van der Waals surface area contributed by atoms with E-state index in [0.717, 1.165) is 0 Å². The minimum atomic E-state index is -1.04. The summed E-state index contributed by atoms with van der Waals surface area (Å²) in [6.45, 7) is 6.27. The van der Waals surface area contributed by atoms with Gasteiger partial charge in [0.2, 0.25) is 5.79 Å². The zero-order valence-corrected chi connectivity index (χ0v) is 11.5. The molecule has 0 bridgehead atoms. The van der Waals surface area contributed by atoms with Crippen molar-refractivity contribution < 1.29 is 0 Å². The summed E-state index contributed by atoms with van der Waals surface area (Å²) < 4.78 is 0. The lowest BCUT2D eigenvalue weighted by atomic mass is 9.88. The molecular formula is C13H20N6. The predicted molar refractivity (Wildman–Crippen MR) is 76.5 cm³/mol. The van der Waals surface area contributed by atoms with Crippen LogP contribution in [0.5, 0.6) is 0 Å². The molecule has 1 aliphatic rings. The second kappa shape index (κ2) is 4.62. The van der Waals surface area contributed by atoms with Crippen LogP contribution in [0.3, 0.4) is 0 Å². The normalized spacial score (nSPS) is 23.4. The molecule has 1 atom stereocenters. The molecule has 0 fully saturated rings. The summed E-state index contributed by atoms with van der Waals surface area (Å²) >= 11 is 0. The highest BCUT2D eigenvalue weighted by Gasteiger charge is 2.33. The van der Waals surface area contributed by atoms with Crippen LogP contribution in [0.1, 0.15) is 32.9 Å². The molecule has 0 amide bonds. The Morgan fingerprint density at radius 3 is 2.58 bits per heavy atom. The van der Waals surface area contributed by atoms with Crippen molar-refractivity contribution in [1.29, 1.82) is 0 Å². The van der Waals surface area contributed by atoms with Crippen molar-refractivity contribution >= 4 is 11.8 Å². The van der Waals surface area contributed by atoms with Gasteiger partial charge < -0.3 is 11.1 Å². The minimum Gasteiger partial charge on any atom is -0.370 e. The van der Waals surface area contributed by atoms with Gasteiger partial charge in [0.1, 0.15) is 5.69 Å². The number of hydrogen-bond donors (Lipinski definition) is 3. The zero-order valence-electron chi connectivity index (χ0n) is 11.5. The molecule has 0 aliphatic carbocycles. The van der Waals surface area contributed by atoms with Gasteiger partial charge in [0, 0.05) is 12.6 Å². The maximum Gasteiger partial charge on any atom is 0.208 e. The van der Waals surface area contributed by atoms with Crippen molar-refractivity contribution in [2.45, 2.75) is 33.0 Å². The molecule has 0 spiro atoms. The van der Waals surface area contributed by atoms with Crippen molar-refractivity contribution in [2.24, 2.45) is 26.9 Å². The molecule has 6 heteroatoms. The molecule has 1 aliphatic heterocycles. The number of aromatic nitrogens is 1. The Morgan fingerprint density at radius 2 is 2.00 bits per heavy atom. The van der Waals surface area contributed by atoms with Crippen molar-refractivity contribution in [3.8, 4) is 0 Å². The maximum absolute atomic E-state index is 6.24. The highest BCUT2D eigenvalue weighted by Crippen LogP contribution is 2.28. The number of aliphatic imine (C=N–C) groups is 2. The summed E-state index contributed by atoms with van der Waals surface area (Å²) in [5.41, 5.74) is 12.7. The summed E-state index contributed by atoms with van der Waals surface area (Å²) in [7, 11) is 0. The molecule has 2 heterocycles. The number of rotatable bonds is 2. The molecule has 5 N–H and O–H groups in total. The van der Waals surface area contributed by atoms with Gasteiger partial charge in [-0.3, -0.25) is 10.7 Å². The maximum atomic E-state index is 6.24. The third-order valence-electron chi connectivity index (χ3n) is 2.56. The lowest BCUT2D eigenvalue weighted by molar-refractivity contribution is 0.267. The lowest BCUT2D eigenvalue weighted by Crippen LogP contribution is -2.51. The van der Waals surface area contributed by atoms with Crippen LogP contribution in [0, 0.1) is 5.41 Å². The predicted octanol–water partition coefficient (Wildman–Crippen LogP) is 0.795. The fraction of sp³-hybridized carbons (Fsp3) is 0.462. The van der Waals surface area contributed by atoms with Gasteiger partial charge in [0.15, 0.2) is 11.8 Å². The molecule has 1 unspecified atom stereocenters. The standard InChI is InChI=1S/C13H20N6/c1-12(2,3)8-13(15)18-10(17-11(14)19-13)9-6-4-5-7-16-9/h4-7H,8,15H2,1-3H3,(H3,14,17,18,19). The highest BCUT2D eigenvalue weighted by molar-refractivity contribution is 6.08. The first kappa shape index (κ1) is 13.5. The largest absolute Gasteiger partial charge is 0.370 e. The molecular weight excluding hydrogens is 240 g/mol. The van der Waals surface area contributed by atoms with Crippen LogP contribution >= 0.6 is 0 Å². The second-order valence-corrected chi connectivity index (χ2v) is 5.91. The fourth-order valence-electron chi connectivity index (χ4n) is 2.09. The SMILES string of the molecule is CC(C)(C)CC1(N)N=C(N)NC(c2ccccn2)=N1. The van der Waals surface area contributed by atoms with E-state index < -0.39 is 5.79 Å². The molecule has 0 radical (unpaired) electrons. The molecule has 0 aromatic carbocycles. The number of amidine groups is 1. The monoisotopic (exact) mass is 260 g/mol. The third kappa shape index (κ3) is 3.51. The van der Waals surface area contributed by atoms with Crippen molar-refractivity contribution in [1.82, 2.24) is 10.3 Å². The van der Waals surface area contributed by atoms with E-state index in [0.29, 0.717) is 18.0 Å². The molecule has 2 rings (SSSR count). The van der Waals surface area contributed by atoms with Crippen molar-refractivity contribution in [2.75, 3.05) is 0 Å². The summed E-state index contributed by atoms with van der Waals surface area (Å²) in [6.07, 6.45) is 2.29. The quantitative estimate of drug-likeness (QED) is 0.731. The van der Waals surface area contributed by atoms with Gasteiger partial charge in [-0.05, 0) is 17.5 Å². The van der Waals surface area contributed by atoms with Gasteiger partial charge >= 0.3 is 0 Å². The molecule has 6 nitrogen and oxygen atoms in total. The average molecular weight is 260 g/mol. The second-order valence-electron chi connectivity index (χ2n) is 5.91. The Labute approximate surface area is 113 Å². The summed E-state index contributed by atoms with van der Waals surface area (Å²) in [5.74, 6) is -0.220. The Hall–Kier alpha value is -1.95. The Balaban J connectivity index is 2.35. The molecule has 0 saturated heterocycles. The van der Waals surface area contributed by atoms with E-state index in [9.17, 15) is 0 Å². The van der Waals surface area contributed by atoms with E-state index in [2.05, 4.69) is 41.1 Å². The van der Waals surface area contributed by atoms with E-state index in [-0.39, 0.29) is 11.4 Å². The first-order chi connectivity index (χ1) is 8.77. The fourth-order valence-corrected chi connectivity index (χ4v) is 2.09. The lowest BCUT2D eigenvalue weighted by Gasteiger charge is -2.32. The van der Waals surface area contributed by atoms with Gasteiger partial charge in [-0.25, -0.2) is 9.98 Å².